The summed E-state index contributed by atoms with van der Waals surface area (Å²) in [4.78, 5) is 26.3. The predicted octanol–water partition coefficient (Wildman–Crippen LogP) is -0.418. The van der Waals surface area contributed by atoms with Gasteiger partial charge < -0.3 is 10.0 Å². The molecule has 134 valence electrons. The maximum absolute atomic E-state index is 12.7. The minimum absolute atomic E-state index is 0.00880. The first-order valence-electron chi connectivity index (χ1n) is 8.62. The van der Waals surface area contributed by atoms with Gasteiger partial charge in [0.2, 0.25) is 5.91 Å². The Morgan fingerprint density at radius 3 is 2.38 bits per heavy atom. The van der Waals surface area contributed by atoms with Crippen LogP contribution in [0.5, 0.6) is 0 Å². The number of hydrogen-bond donors (Lipinski definition) is 1. The summed E-state index contributed by atoms with van der Waals surface area (Å²) in [5, 5.41) is 9.79. The Morgan fingerprint density at radius 1 is 1.17 bits per heavy atom. The van der Waals surface area contributed by atoms with E-state index in [4.69, 9.17) is 0 Å². The van der Waals surface area contributed by atoms with E-state index in [0.29, 0.717) is 25.6 Å². The van der Waals surface area contributed by atoms with Crippen molar-refractivity contribution in [2.75, 3.05) is 39.3 Å². The Bertz CT molecular complexity index is 671. The molecule has 8 nitrogen and oxygen atoms in total. The van der Waals surface area contributed by atoms with Crippen LogP contribution in [0.15, 0.2) is 0 Å². The van der Waals surface area contributed by atoms with Gasteiger partial charge in [0.15, 0.2) is 0 Å². The second-order valence-corrected chi connectivity index (χ2v) is 9.51. The molecule has 9 heteroatoms. The molecule has 4 rings (SSSR count). The summed E-state index contributed by atoms with van der Waals surface area (Å²) in [5.74, 6) is -1.52. The van der Waals surface area contributed by atoms with Gasteiger partial charge in [-0.05, 0) is 31.6 Å². The SMILES string of the molecule is O=C1[C@@H]2CN(S(=O)(=O)N3CCCC3)C[C@]2(C(=O)O)CN1CC1CC1. The lowest BCUT2D eigenvalue weighted by molar-refractivity contribution is -0.149. The van der Waals surface area contributed by atoms with Gasteiger partial charge in [0.05, 0.1) is 5.92 Å². The van der Waals surface area contributed by atoms with Crippen molar-refractivity contribution in [2.45, 2.75) is 25.7 Å². The van der Waals surface area contributed by atoms with Crippen molar-refractivity contribution >= 4 is 22.1 Å². The van der Waals surface area contributed by atoms with Crippen LogP contribution >= 0.6 is 0 Å². The highest BCUT2D eigenvalue weighted by molar-refractivity contribution is 7.86. The van der Waals surface area contributed by atoms with Crippen molar-refractivity contribution in [3.8, 4) is 0 Å². The highest BCUT2D eigenvalue weighted by Gasteiger charge is 2.64. The Balaban J connectivity index is 1.58. The summed E-state index contributed by atoms with van der Waals surface area (Å²) in [6.07, 6.45) is 3.83. The number of nitrogens with zero attached hydrogens (tertiary/aromatic N) is 3. The summed E-state index contributed by atoms with van der Waals surface area (Å²) in [7, 11) is -3.67. The molecule has 0 radical (unpaired) electrons. The number of carboxylic acids is 1. The topological polar surface area (TPSA) is 98.2 Å². The Labute approximate surface area is 141 Å². The molecular formula is C15H23N3O5S. The van der Waals surface area contributed by atoms with Crippen LogP contribution in [0.3, 0.4) is 0 Å². The smallest absolute Gasteiger partial charge is 0.313 e. The van der Waals surface area contributed by atoms with Crippen LogP contribution in [0, 0.1) is 17.3 Å². The molecule has 4 fully saturated rings. The molecule has 0 aromatic rings. The monoisotopic (exact) mass is 357 g/mol. The number of likely N-dealkylation sites (tertiary alicyclic amines) is 1. The van der Waals surface area contributed by atoms with Gasteiger partial charge in [-0.15, -0.1) is 0 Å². The molecule has 0 aromatic heterocycles. The zero-order valence-corrected chi connectivity index (χ0v) is 14.4. The molecule has 3 heterocycles. The summed E-state index contributed by atoms with van der Waals surface area (Å²) >= 11 is 0. The first-order chi connectivity index (χ1) is 11.3. The van der Waals surface area contributed by atoms with Gasteiger partial charge in [0, 0.05) is 39.3 Å². The molecule has 0 aromatic carbocycles. The first-order valence-corrected chi connectivity index (χ1v) is 10.0. The van der Waals surface area contributed by atoms with E-state index in [0.717, 1.165) is 25.7 Å². The minimum Gasteiger partial charge on any atom is -0.481 e. The highest BCUT2D eigenvalue weighted by atomic mass is 32.2. The molecule has 1 aliphatic carbocycles. The van der Waals surface area contributed by atoms with E-state index in [2.05, 4.69) is 0 Å². The number of aliphatic carboxylic acids is 1. The van der Waals surface area contributed by atoms with E-state index in [1.54, 1.807) is 4.90 Å². The van der Waals surface area contributed by atoms with Crippen molar-refractivity contribution in [3.05, 3.63) is 0 Å². The predicted molar refractivity (Wildman–Crippen MR) is 84.2 cm³/mol. The van der Waals surface area contributed by atoms with E-state index in [9.17, 15) is 23.1 Å². The summed E-state index contributed by atoms with van der Waals surface area (Å²) < 4.78 is 28.1. The Kier molecular flexibility index (Phi) is 3.67. The van der Waals surface area contributed by atoms with Gasteiger partial charge in [-0.2, -0.15) is 17.0 Å². The van der Waals surface area contributed by atoms with Gasteiger partial charge in [-0.3, -0.25) is 9.59 Å². The molecule has 1 amide bonds. The van der Waals surface area contributed by atoms with Gasteiger partial charge in [0.25, 0.3) is 10.2 Å². The van der Waals surface area contributed by atoms with Gasteiger partial charge in [-0.1, -0.05) is 0 Å². The number of carbonyl (C=O) groups is 2. The van der Waals surface area contributed by atoms with Gasteiger partial charge >= 0.3 is 5.97 Å². The molecule has 3 aliphatic heterocycles. The van der Waals surface area contributed by atoms with Crippen LogP contribution in [0.4, 0.5) is 0 Å². The summed E-state index contributed by atoms with van der Waals surface area (Å²) in [6, 6.07) is 0. The standard InChI is InChI=1S/C15H23N3O5S/c19-13-12-8-18(24(22,23)17-5-1-2-6-17)10-15(12,14(20)21)9-16(13)7-11-3-4-11/h11-12H,1-10H2,(H,20,21)/t12-,15+/m0/s1. The number of fused-ring (bicyclic) bond motifs is 1. The number of carbonyl (C=O) groups excluding carboxylic acids is 1. The summed E-state index contributed by atoms with van der Waals surface area (Å²) in [5.41, 5.74) is -1.29. The average Bonchev–Trinajstić information content (AvgIpc) is 2.97. The van der Waals surface area contributed by atoms with Crippen molar-refractivity contribution in [1.29, 1.82) is 0 Å². The molecule has 1 saturated carbocycles. The molecule has 3 saturated heterocycles. The average molecular weight is 357 g/mol. The van der Waals surface area contributed by atoms with E-state index in [1.807, 2.05) is 0 Å². The molecule has 0 unspecified atom stereocenters. The number of carboxylic acid groups (broad SMARTS) is 1. The van der Waals surface area contributed by atoms with Crippen LogP contribution < -0.4 is 0 Å². The Morgan fingerprint density at radius 2 is 1.83 bits per heavy atom. The zero-order chi connectivity index (χ0) is 17.1. The van der Waals surface area contributed by atoms with Gasteiger partial charge in [0.1, 0.15) is 5.41 Å². The highest BCUT2D eigenvalue weighted by Crippen LogP contribution is 2.46. The maximum atomic E-state index is 12.7. The molecule has 24 heavy (non-hydrogen) atoms. The fraction of sp³-hybridized carbons (Fsp3) is 0.867. The first kappa shape index (κ1) is 16.3. The third-order valence-corrected chi connectivity index (χ3v) is 7.86. The second-order valence-electron chi connectivity index (χ2n) is 7.58. The van der Waals surface area contributed by atoms with Crippen LogP contribution in [-0.4, -0.2) is 78.2 Å². The minimum atomic E-state index is -3.67. The number of amides is 1. The number of hydrogen-bond acceptors (Lipinski definition) is 4. The second kappa shape index (κ2) is 5.40. The van der Waals surface area contributed by atoms with E-state index in [1.165, 1.54) is 8.61 Å². The molecule has 4 aliphatic rings. The van der Waals surface area contributed by atoms with Crippen LogP contribution in [-0.2, 0) is 19.8 Å². The lowest BCUT2D eigenvalue weighted by Gasteiger charge is -2.27. The van der Waals surface area contributed by atoms with Gasteiger partial charge in [-0.25, -0.2) is 0 Å². The lowest BCUT2D eigenvalue weighted by Crippen LogP contribution is -2.46. The third kappa shape index (κ3) is 2.36. The van der Waals surface area contributed by atoms with Crippen molar-refractivity contribution < 1.29 is 23.1 Å². The van der Waals surface area contributed by atoms with Crippen LogP contribution in [0.25, 0.3) is 0 Å². The molecule has 0 bridgehead atoms. The molecular weight excluding hydrogens is 334 g/mol. The third-order valence-electron chi connectivity index (χ3n) is 5.91. The molecule has 2 atom stereocenters. The fourth-order valence-electron chi connectivity index (χ4n) is 4.29. The Hall–Kier alpha value is -1.19. The van der Waals surface area contributed by atoms with Crippen LogP contribution in [0.2, 0.25) is 0 Å². The van der Waals surface area contributed by atoms with Crippen molar-refractivity contribution in [3.63, 3.8) is 0 Å². The molecule has 1 N–H and O–H groups in total. The van der Waals surface area contributed by atoms with Crippen molar-refractivity contribution in [2.24, 2.45) is 17.3 Å². The van der Waals surface area contributed by atoms with E-state index >= 15 is 0 Å². The quantitative estimate of drug-likeness (QED) is 0.721. The van der Waals surface area contributed by atoms with E-state index < -0.39 is 27.5 Å². The fourth-order valence-corrected chi connectivity index (χ4v) is 6.07. The van der Waals surface area contributed by atoms with Crippen LogP contribution in [0.1, 0.15) is 25.7 Å². The lowest BCUT2D eigenvalue weighted by atomic mass is 9.81. The largest absolute Gasteiger partial charge is 0.481 e. The van der Waals surface area contributed by atoms with Crippen molar-refractivity contribution in [1.82, 2.24) is 13.5 Å². The maximum Gasteiger partial charge on any atom is 0.313 e. The zero-order valence-electron chi connectivity index (χ0n) is 13.6. The number of rotatable bonds is 5. The molecule has 0 spiro atoms. The van der Waals surface area contributed by atoms with E-state index in [-0.39, 0.29) is 25.5 Å². The summed E-state index contributed by atoms with van der Waals surface area (Å²) in [6.45, 7) is 1.60. The normalized spacial score (nSPS) is 34.9.